The minimum absolute atomic E-state index is 0.127. The predicted molar refractivity (Wildman–Crippen MR) is 124 cm³/mol. The molecule has 2 aliphatic rings. The molecular weight excluding hydrogens is 515 g/mol. The minimum Gasteiger partial charge on any atom is -0.387 e. The molecule has 6 atom stereocenters. The van der Waals surface area contributed by atoms with Crippen LogP contribution in [0, 0.1) is 11.6 Å². The molecule has 2 saturated heterocycles. The van der Waals surface area contributed by atoms with Crippen LogP contribution in [-0.2, 0) is 22.9 Å². The number of nitrogen functional groups attached to an aromatic ring is 1. The first kappa shape index (κ1) is 26.0. The quantitative estimate of drug-likeness (QED) is 0.407. The Bertz CT molecular complexity index is 1370. The smallest absolute Gasteiger partial charge is 0.387 e. The second-order valence-corrected chi connectivity index (χ2v) is 11.4. The summed E-state index contributed by atoms with van der Waals surface area (Å²) in [5, 5.41) is 21.9. The zero-order valence-corrected chi connectivity index (χ0v) is 21.0. The van der Waals surface area contributed by atoms with Crippen LogP contribution in [0.5, 0.6) is 0 Å². The summed E-state index contributed by atoms with van der Waals surface area (Å²) in [6.07, 6.45) is -2.12. The minimum atomic E-state index is -4.31. The van der Waals surface area contributed by atoms with E-state index in [1.807, 2.05) is 0 Å². The van der Waals surface area contributed by atoms with E-state index in [1.165, 1.54) is 24.1 Å². The maximum atomic E-state index is 13.8. The van der Waals surface area contributed by atoms with Gasteiger partial charge in [-0.1, -0.05) is 0 Å². The number of anilines is 1. The van der Waals surface area contributed by atoms with E-state index in [2.05, 4.69) is 15.0 Å². The molecule has 0 spiro atoms. The molecule has 12 nitrogen and oxygen atoms in total. The van der Waals surface area contributed by atoms with Crippen molar-refractivity contribution in [3.63, 3.8) is 0 Å². The highest BCUT2D eigenvalue weighted by molar-refractivity contribution is 7.48. The van der Waals surface area contributed by atoms with Gasteiger partial charge in [0.15, 0.2) is 17.7 Å². The number of aliphatic hydroxyl groups excluding tert-OH is 1. The van der Waals surface area contributed by atoms with E-state index < -0.39 is 61.8 Å². The van der Waals surface area contributed by atoms with Crippen LogP contribution in [0.4, 0.5) is 14.6 Å². The third-order valence-corrected chi connectivity index (χ3v) is 8.04. The normalized spacial score (nSPS) is 33.7. The zero-order valence-electron chi connectivity index (χ0n) is 20.1. The summed E-state index contributed by atoms with van der Waals surface area (Å²) in [6.45, 7) is 4.11. The highest BCUT2D eigenvalue weighted by Gasteiger charge is 2.55. The van der Waals surface area contributed by atoms with Crippen molar-refractivity contribution in [3.8, 4) is 0 Å². The van der Waals surface area contributed by atoms with Crippen LogP contribution in [0.25, 0.3) is 11.2 Å². The van der Waals surface area contributed by atoms with Gasteiger partial charge in [0.25, 0.3) is 0 Å². The van der Waals surface area contributed by atoms with Crippen LogP contribution < -0.4 is 5.73 Å². The second kappa shape index (κ2) is 9.02. The number of aromatic nitrogens is 4. The van der Waals surface area contributed by atoms with Gasteiger partial charge in [-0.2, -0.15) is 0 Å². The fourth-order valence-corrected chi connectivity index (χ4v) is 6.26. The van der Waals surface area contributed by atoms with Gasteiger partial charge in [0, 0.05) is 12.5 Å². The number of nitrogens with zero attached hydrogens (tertiary/aromatic N) is 4. The fourth-order valence-electron chi connectivity index (χ4n) is 4.58. The van der Waals surface area contributed by atoms with Crippen LogP contribution in [0.1, 0.15) is 45.1 Å². The Morgan fingerprint density at radius 1 is 1.22 bits per heavy atom. The number of benzene rings is 1. The molecule has 0 aliphatic carbocycles. The number of rotatable bonds is 5. The molecule has 0 bridgehead atoms. The first-order chi connectivity index (χ1) is 17.3. The number of imidazole rings is 1. The van der Waals surface area contributed by atoms with E-state index in [1.54, 1.807) is 13.8 Å². The Morgan fingerprint density at radius 2 is 1.92 bits per heavy atom. The lowest BCUT2D eigenvalue weighted by Gasteiger charge is -2.39. The number of fused-ring (bicyclic) bond motifs is 1. The van der Waals surface area contributed by atoms with E-state index in [0.29, 0.717) is 0 Å². The molecule has 2 aromatic heterocycles. The maximum Gasteiger partial charge on any atom is 0.476 e. The summed E-state index contributed by atoms with van der Waals surface area (Å²) in [6, 6.07) is 2.88. The van der Waals surface area contributed by atoms with Crippen molar-refractivity contribution in [1.82, 2.24) is 19.5 Å². The maximum absolute atomic E-state index is 13.8. The standard InChI is InChI=1S/C22H26F2N5O7P/c1-21(2)7-14(11-4-12(23)6-13(24)5-11)35-37(32,36-21)33-8-15-17(30)22(3,31)20(34-15)29-10-28-16-18(25)26-9-27-19(16)29/h4-6,9-10,14-15,17,20,30-31H,7-8H2,1-3H3,(H2,25,26,27)/t14-,15+,17+,20+,22+,37?/m0/s1. The predicted octanol–water partition coefficient (Wildman–Crippen LogP) is 2.78. The molecule has 4 N–H and O–H groups in total. The third-order valence-electron chi connectivity index (χ3n) is 6.34. The van der Waals surface area contributed by atoms with Crippen LogP contribution in [0.2, 0.25) is 0 Å². The molecule has 0 radical (unpaired) electrons. The first-order valence-electron chi connectivity index (χ1n) is 11.4. The largest absolute Gasteiger partial charge is 0.476 e. The van der Waals surface area contributed by atoms with Gasteiger partial charge in [0.05, 0.1) is 24.6 Å². The average molecular weight is 541 g/mol. The SMILES string of the molecule is CC1(C)C[C@@H](c2cc(F)cc(F)c2)OP(=O)(OC[C@H]2O[C@@H](n3cnc4c(N)ncnc43)[C@](C)(O)[C@@H]2O)O1. The van der Waals surface area contributed by atoms with Gasteiger partial charge in [-0.25, -0.2) is 28.3 Å². The lowest BCUT2D eigenvalue weighted by molar-refractivity contribution is -0.0967. The van der Waals surface area contributed by atoms with Gasteiger partial charge in [-0.3, -0.25) is 18.1 Å². The highest BCUT2D eigenvalue weighted by atomic mass is 31.2. The van der Waals surface area contributed by atoms with Gasteiger partial charge in [-0.05, 0) is 38.5 Å². The highest BCUT2D eigenvalue weighted by Crippen LogP contribution is 2.62. The first-order valence-corrected chi connectivity index (χ1v) is 12.8. The second-order valence-electron chi connectivity index (χ2n) is 9.88. The summed E-state index contributed by atoms with van der Waals surface area (Å²) in [5.41, 5.74) is 3.63. The zero-order chi connectivity index (χ0) is 26.8. The van der Waals surface area contributed by atoms with Crippen molar-refractivity contribution in [2.75, 3.05) is 12.3 Å². The molecule has 3 aromatic rings. The summed E-state index contributed by atoms with van der Waals surface area (Å²) in [7, 11) is -4.31. The number of aliphatic hydroxyl groups is 2. The van der Waals surface area contributed by atoms with E-state index in [4.69, 9.17) is 24.0 Å². The van der Waals surface area contributed by atoms with Crippen molar-refractivity contribution >= 4 is 24.8 Å². The molecule has 37 heavy (non-hydrogen) atoms. The summed E-state index contributed by atoms with van der Waals surface area (Å²) >= 11 is 0. The van der Waals surface area contributed by atoms with Gasteiger partial charge in [-0.15, -0.1) is 0 Å². The van der Waals surface area contributed by atoms with E-state index in [9.17, 15) is 23.6 Å². The van der Waals surface area contributed by atoms with Crippen LogP contribution >= 0.6 is 7.82 Å². The number of phosphoric ester groups is 1. The summed E-state index contributed by atoms with van der Waals surface area (Å²) in [5.74, 6) is -1.50. The van der Waals surface area contributed by atoms with Crippen molar-refractivity contribution in [1.29, 1.82) is 0 Å². The Labute approximate surface area is 210 Å². The molecule has 5 rings (SSSR count). The molecule has 4 heterocycles. The van der Waals surface area contributed by atoms with Gasteiger partial charge in [0.1, 0.15) is 41.3 Å². The molecule has 2 aliphatic heterocycles. The Hall–Kier alpha value is -2.58. The van der Waals surface area contributed by atoms with Gasteiger partial charge in [0.2, 0.25) is 0 Å². The number of hydrogen-bond donors (Lipinski definition) is 3. The van der Waals surface area contributed by atoms with Crippen LogP contribution in [0.15, 0.2) is 30.9 Å². The Kier molecular flexibility index (Phi) is 6.35. The van der Waals surface area contributed by atoms with Crippen molar-refractivity contribution in [3.05, 3.63) is 48.1 Å². The molecule has 1 aromatic carbocycles. The monoisotopic (exact) mass is 541 g/mol. The van der Waals surface area contributed by atoms with Crippen LogP contribution in [0.3, 0.4) is 0 Å². The molecule has 0 saturated carbocycles. The Morgan fingerprint density at radius 3 is 2.62 bits per heavy atom. The number of halogens is 2. The Balaban J connectivity index is 1.35. The number of ether oxygens (including phenoxy) is 1. The van der Waals surface area contributed by atoms with Crippen molar-refractivity contribution < 1.29 is 41.9 Å². The van der Waals surface area contributed by atoms with E-state index >= 15 is 0 Å². The molecule has 200 valence electrons. The van der Waals surface area contributed by atoms with Gasteiger partial charge < -0.3 is 20.7 Å². The summed E-state index contributed by atoms with van der Waals surface area (Å²) in [4.78, 5) is 12.1. The van der Waals surface area contributed by atoms with E-state index in [-0.39, 0.29) is 29.0 Å². The fraction of sp³-hybridized carbons (Fsp3) is 0.500. The average Bonchev–Trinajstić information content (AvgIpc) is 3.30. The molecule has 2 fully saturated rings. The van der Waals surface area contributed by atoms with Crippen LogP contribution in [-0.4, -0.2) is 59.7 Å². The van der Waals surface area contributed by atoms with Crippen molar-refractivity contribution in [2.24, 2.45) is 0 Å². The lowest BCUT2D eigenvalue weighted by atomic mass is 9.96. The number of nitrogens with two attached hydrogens (primary N) is 1. The molecule has 1 unspecified atom stereocenters. The molecule has 15 heteroatoms. The third kappa shape index (κ3) is 4.86. The topological polar surface area (TPSA) is 164 Å². The number of phosphoric acid groups is 1. The van der Waals surface area contributed by atoms with E-state index in [0.717, 1.165) is 18.2 Å². The molecular formula is C22H26F2N5O7P. The van der Waals surface area contributed by atoms with Crippen molar-refractivity contribution in [2.45, 2.75) is 62.9 Å². The van der Waals surface area contributed by atoms with Gasteiger partial charge >= 0.3 is 7.82 Å². The molecule has 0 amide bonds. The number of hydrogen-bond acceptors (Lipinski definition) is 11. The summed E-state index contributed by atoms with van der Waals surface area (Å²) < 4.78 is 64.9. The lowest BCUT2D eigenvalue weighted by Crippen LogP contribution is -2.44.